The molecule has 0 bridgehead atoms. The van der Waals surface area contributed by atoms with Gasteiger partial charge >= 0.3 is 0 Å². The average Bonchev–Trinajstić information content (AvgIpc) is 2.08. The van der Waals surface area contributed by atoms with Crippen molar-refractivity contribution < 1.29 is 4.79 Å². The summed E-state index contributed by atoms with van der Waals surface area (Å²) in [7, 11) is 0. The number of rotatable bonds is 0. The molecule has 68 valence electrons. The minimum Gasteiger partial charge on any atom is -0.324 e. The van der Waals surface area contributed by atoms with Gasteiger partial charge in [-0.2, -0.15) is 0 Å². The van der Waals surface area contributed by atoms with Crippen LogP contribution in [0.3, 0.4) is 0 Å². The number of carbonyl (C=O) groups is 1. The lowest BCUT2D eigenvalue weighted by atomic mass is 10.1. The number of aromatic nitrogens is 1. The first kappa shape index (κ1) is 8.69. The van der Waals surface area contributed by atoms with Crippen molar-refractivity contribution in [3.63, 3.8) is 0 Å². The van der Waals surface area contributed by atoms with E-state index in [1.165, 1.54) is 0 Å². The van der Waals surface area contributed by atoms with Gasteiger partial charge in [0.05, 0.1) is 11.4 Å². The number of aryl methyl sites for hydroxylation is 2. The fraction of sp³-hybridized carbons (Fsp3) is 0.333. The second-order valence-electron chi connectivity index (χ2n) is 3.14. The Labute approximate surface area is 84.7 Å². The lowest BCUT2D eigenvalue weighted by Gasteiger charge is -2.16. The SMILES string of the molecule is Cc1cc2c(nc1Br)CCC(=O)N2. The summed E-state index contributed by atoms with van der Waals surface area (Å²) in [6.45, 7) is 1.96. The lowest BCUT2D eigenvalue weighted by molar-refractivity contribution is -0.116. The van der Waals surface area contributed by atoms with Crippen LogP contribution in [0.2, 0.25) is 0 Å². The summed E-state index contributed by atoms with van der Waals surface area (Å²) in [4.78, 5) is 15.4. The zero-order valence-electron chi connectivity index (χ0n) is 7.22. The Morgan fingerprint density at radius 3 is 3.08 bits per heavy atom. The predicted octanol–water partition coefficient (Wildman–Crippen LogP) is 2.04. The number of pyridine rings is 1. The van der Waals surface area contributed by atoms with Crippen molar-refractivity contribution in [2.24, 2.45) is 0 Å². The largest absolute Gasteiger partial charge is 0.324 e. The first-order valence-electron chi connectivity index (χ1n) is 4.12. The molecule has 0 aromatic carbocycles. The molecule has 0 fully saturated rings. The van der Waals surface area contributed by atoms with Crippen molar-refractivity contribution in [1.82, 2.24) is 4.98 Å². The van der Waals surface area contributed by atoms with E-state index in [9.17, 15) is 4.79 Å². The van der Waals surface area contributed by atoms with E-state index >= 15 is 0 Å². The van der Waals surface area contributed by atoms with Crippen LogP contribution in [-0.4, -0.2) is 10.9 Å². The molecule has 1 aromatic heterocycles. The van der Waals surface area contributed by atoms with Crippen molar-refractivity contribution in [3.05, 3.63) is 21.9 Å². The number of nitrogens with one attached hydrogen (secondary N) is 1. The van der Waals surface area contributed by atoms with Gasteiger partial charge in [0.1, 0.15) is 4.60 Å². The normalized spacial score (nSPS) is 15.1. The average molecular weight is 241 g/mol. The van der Waals surface area contributed by atoms with Crippen LogP contribution in [0.15, 0.2) is 10.7 Å². The molecule has 0 unspecified atom stereocenters. The van der Waals surface area contributed by atoms with Crippen LogP contribution in [0.25, 0.3) is 0 Å². The minimum absolute atomic E-state index is 0.0797. The van der Waals surface area contributed by atoms with Crippen LogP contribution in [0.5, 0.6) is 0 Å². The van der Waals surface area contributed by atoms with E-state index < -0.39 is 0 Å². The molecule has 1 aliphatic heterocycles. The van der Waals surface area contributed by atoms with Crippen LogP contribution in [0, 0.1) is 6.92 Å². The first-order chi connectivity index (χ1) is 6.16. The number of hydrogen-bond acceptors (Lipinski definition) is 2. The van der Waals surface area contributed by atoms with Gasteiger partial charge in [0.15, 0.2) is 0 Å². The Morgan fingerprint density at radius 1 is 1.54 bits per heavy atom. The van der Waals surface area contributed by atoms with Crippen LogP contribution in [0.1, 0.15) is 17.7 Å². The van der Waals surface area contributed by atoms with Gasteiger partial charge in [-0.3, -0.25) is 4.79 Å². The lowest BCUT2D eigenvalue weighted by Crippen LogP contribution is -2.20. The monoisotopic (exact) mass is 240 g/mol. The molecule has 0 aliphatic carbocycles. The molecular weight excluding hydrogens is 232 g/mol. The number of carbonyl (C=O) groups excluding carboxylic acids is 1. The summed E-state index contributed by atoms with van der Waals surface area (Å²) in [6, 6.07) is 1.95. The molecule has 1 N–H and O–H groups in total. The molecule has 0 spiro atoms. The van der Waals surface area contributed by atoms with Gasteiger partial charge in [0, 0.05) is 12.8 Å². The van der Waals surface area contributed by atoms with Crippen LogP contribution < -0.4 is 5.32 Å². The van der Waals surface area contributed by atoms with E-state index in [0.29, 0.717) is 6.42 Å². The molecule has 0 atom stereocenters. The summed E-state index contributed by atoms with van der Waals surface area (Å²) in [5.41, 5.74) is 2.87. The second-order valence-corrected chi connectivity index (χ2v) is 3.89. The highest BCUT2D eigenvalue weighted by molar-refractivity contribution is 9.10. The van der Waals surface area contributed by atoms with E-state index in [0.717, 1.165) is 28.0 Å². The number of nitrogens with zero attached hydrogens (tertiary/aromatic N) is 1. The van der Waals surface area contributed by atoms with Gasteiger partial charge < -0.3 is 5.32 Å². The third-order valence-electron chi connectivity index (χ3n) is 2.09. The smallest absolute Gasteiger partial charge is 0.224 e. The van der Waals surface area contributed by atoms with E-state index in [1.807, 2.05) is 13.0 Å². The predicted molar refractivity (Wildman–Crippen MR) is 53.6 cm³/mol. The first-order valence-corrected chi connectivity index (χ1v) is 4.92. The molecule has 1 aliphatic rings. The molecule has 0 saturated carbocycles. The van der Waals surface area contributed by atoms with Crippen molar-refractivity contribution in [1.29, 1.82) is 0 Å². The van der Waals surface area contributed by atoms with Crippen LogP contribution >= 0.6 is 15.9 Å². The summed E-state index contributed by atoms with van der Waals surface area (Å²) < 4.78 is 0.863. The van der Waals surface area contributed by atoms with Gasteiger partial charge in [-0.1, -0.05) is 0 Å². The number of hydrogen-bond donors (Lipinski definition) is 1. The maximum Gasteiger partial charge on any atom is 0.224 e. The third-order valence-corrected chi connectivity index (χ3v) is 2.90. The molecule has 1 amide bonds. The topological polar surface area (TPSA) is 42.0 Å². The number of anilines is 1. The molecule has 0 radical (unpaired) electrons. The fourth-order valence-corrected chi connectivity index (χ4v) is 1.70. The van der Waals surface area contributed by atoms with Crippen molar-refractivity contribution in [2.45, 2.75) is 19.8 Å². The highest BCUT2D eigenvalue weighted by Gasteiger charge is 2.16. The molecule has 2 rings (SSSR count). The maximum absolute atomic E-state index is 11.1. The maximum atomic E-state index is 11.1. The Bertz CT molecular complexity index is 376. The van der Waals surface area contributed by atoms with Gasteiger partial charge in [0.2, 0.25) is 5.91 Å². The van der Waals surface area contributed by atoms with Crippen LogP contribution in [-0.2, 0) is 11.2 Å². The molecule has 4 heteroatoms. The van der Waals surface area contributed by atoms with E-state index in [1.54, 1.807) is 0 Å². The Morgan fingerprint density at radius 2 is 2.31 bits per heavy atom. The molecule has 13 heavy (non-hydrogen) atoms. The minimum atomic E-state index is 0.0797. The molecule has 2 heterocycles. The Hall–Kier alpha value is -0.900. The van der Waals surface area contributed by atoms with Crippen molar-refractivity contribution in [2.75, 3.05) is 5.32 Å². The van der Waals surface area contributed by atoms with E-state index in [4.69, 9.17) is 0 Å². The summed E-state index contributed by atoms with van der Waals surface area (Å²) >= 11 is 3.37. The fourth-order valence-electron chi connectivity index (χ4n) is 1.37. The van der Waals surface area contributed by atoms with Crippen LogP contribution in [0.4, 0.5) is 5.69 Å². The molecule has 1 aromatic rings. The number of halogens is 1. The van der Waals surface area contributed by atoms with E-state index in [2.05, 4.69) is 26.2 Å². The van der Waals surface area contributed by atoms with Gasteiger partial charge in [0.25, 0.3) is 0 Å². The third kappa shape index (κ3) is 1.58. The van der Waals surface area contributed by atoms with Gasteiger partial charge in [-0.15, -0.1) is 0 Å². The van der Waals surface area contributed by atoms with Gasteiger partial charge in [-0.25, -0.2) is 4.98 Å². The zero-order chi connectivity index (χ0) is 9.42. The summed E-state index contributed by atoms with van der Waals surface area (Å²) in [5.74, 6) is 0.0797. The zero-order valence-corrected chi connectivity index (χ0v) is 8.81. The number of fused-ring (bicyclic) bond motifs is 1. The Balaban J connectivity index is 2.49. The highest BCUT2D eigenvalue weighted by Crippen LogP contribution is 2.25. The summed E-state index contributed by atoms with van der Waals surface area (Å²) in [6.07, 6.45) is 1.27. The second kappa shape index (κ2) is 3.10. The molecule has 0 saturated heterocycles. The van der Waals surface area contributed by atoms with Gasteiger partial charge in [-0.05, 0) is 34.5 Å². The molecule has 3 nitrogen and oxygen atoms in total. The quantitative estimate of drug-likeness (QED) is 0.706. The van der Waals surface area contributed by atoms with Crippen molar-refractivity contribution in [3.8, 4) is 0 Å². The Kier molecular flexibility index (Phi) is 2.07. The highest BCUT2D eigenvalue weighted by atomic mass is 79.9. The van der Waals surface area contributed by atoms with E-state index in [-0.39, 0.29) is 5.91 Å². The van der Waals surface area contributed by atoms with Crippen molar-refractivity contribution >= 4 is 27.5 Å². The number of amides is 1. The standard InChI is InChI=1S/C9H9BrN2O/c1-5-4-7-6(12-9(5)10)2-3-8(13)11-7/h4H,2-3H2,1H3,(H,11,13). The molecular formula is C9H9BrN2O. The summed E-state index contributed by atoms with van der Waals surface area (Å²) in [5, 5.41) is 2.81.